The van der Waals surface area contributed by atoms with E-state index >= 15 is 0 Å². The van der Waals surface area contributed by atoms with Crippen LogP contribution in [0.25, 0.3) is 22.6 Å². The quantitative estimate of drug-likeness (QED) is 0.488. The van der Waals surface area contributed by atoms with Crippen LogP contribution in [0.1, 0.15) is 31.4 Å². The minimum Gasteiger partial charge on any atom is -0.490 e. The van der Waals surface area contributed by atoms with Gasteiger partial charge in [-0.3, -0.25) is 9.78 Å². The van der Waals surface area contributed by atoms with E-state index in [1.54, 1.807) is 12.1 Å². The van der Waals surface area contributed by atoms with E-state index in [2.05, 4.69) is 15.0 Å². The maximum atomic E-state index is 12.7. The Morgan fingerprint density at radius 3 is 2.35 bits per heavy atom. The number of pyridine rings is 1. The van der Waals surface area contributed by atoms with Gasteiger partial charge >= 0.3 is 12.1 Å². The van der Waals surface area contributed by atoms with Crippen molar-refractivity contribution in [2.45, 2.75) is 38.0 Å². The number of alkyl halides is 3. The molecule has 0 radical (unpaired) electrons. The summed E-state index contributed by atoms with van der Waals surface area (Å²) < 4.78 is 49.4. The van der Waals surface area contributed by atoms with Gasteiger partial charge in [-0.1, -0.05) is 0 Å². The molecule has 1 aromatic carbocycles. The van der Waals surface area contributed by atoms with E-state index in [0.29, 0.717) is 42.7 Å². The highest BCUT2D eigenvalue weighted by atomic mass is 19.4. The summed E-state index contributed by atoms with van der Waals surface area (Å²) in [5.41, 5.74) is 0.0968. The van der Waals surface area contributed by atoms with Crippen LogP contribution in [-0.4, -0.2) is 45.8 Å². The minimum absolute atomic E-state index is 0.0672. The molecule has 1 aliphatic carbocycles. The summed E-state index contributed by atoms with van der Waals surface area (Å²) in [5.74, 6) is -0.0567. The van der Waals surface area contributed by atoms with Gasteiger partial charge in [-0.25, -0.2) is 4.98 Å². The first-order valence-electron chi connectivity index (χ1n) is 10.8. The average Bonchev–Trinajstić information content (AvgIpc) is 3.32. The van der Waals surface area contributed by atoms with Crippen LogP contribution in [0, 0.1) is 5.41 Å². The molecule has 1 aliphatic rings. The van der Waals surface area contributed by atoms with Gasteiger partial charge in [0.05, 0.1) is 23.8 Å². The standard InChI is InChI=1S/C24H24F3N3O4/c1-33-14-23(22(31)32)10-8-18(9-11-23)34-17-5-2-15(3-6-17)19-7-4-16(12-28-19)21-29-13-20(30-21)24(25,26)27/h2-7,12-13,18H,8-11,14H2,1H3,(H,29,30)(H,31,32)/t18-,23+. The first-order valence-corrected chi connectivity index (χ1v) is 10.8. The van der Waals surface area contributed by atoms with Gasteiger partial charge in [-0.15, -0.1) is 0 Å². The monoisotopic (exact) mass is 475 g/mol. The molecule has 3 aromatic rings. The SMILES string of the molecule is COC[C@]1(C(=O)O)CC[C@@H](Oc2ccc(-c3ccc(-c4nc(C(F)(F)F)c[nH]4)cn3)cc2)CC1. The van der Waals surface area contributed by atoms with Crippen LogP contribution in [0.4, 0.5) is 13.2 Å². The van der Waals surface area contributed by atoms with E-state index in [-0.39, 0.29) is 18.5 Å². The Hall–Kier alpha value is -3.40. The summed E-state index contributed by atoms with van der Waals surface area (Å²) in [6, 6.07) is 10.7. The van der Waals surface area contributed by atoms with Gasteiger partial charge in [0, 0.05) is 30.6 Å². The van der Waals surface area contributed by atoms with Gasteiger partial charge in [0.15, 0.2) is 5.69 Å². The van der Waals surface area contributed by atoms with Crippen LogP contribution in [0.15, 0.2) is 48.8 Å². The van der Waals surface area contributed by atoms with Crippen molar-refractivity contribution >= 4 is 5.97 Å². The molecule has 0 saturated heterocycles. The van der Waals surface area contributed by atoms with Crippen LogP contribution in [0.2, 0.25) is 0 Å². The van der Waals surface area contributed by atoms with Crippen LogP contribution in [-0.2, 0) is 15.7 Å². The lowest BCUT2D eigenvalue weighted by Gasteiger charge is -2.36. The van der Waals surface area contributed by atoms with Crippen molar-refractivity contribution in [3.63, 3.8) is 0 Å². The van der Waals surface area contributed by atoms with Crippen molar-refractivity contribution in [2.24, 2.45) is 5.41 Å². The van der Waals surface area contributed by atoms with Gasteiger partial charge in [0.2, 0.25) is 0 Å². The van der Waals surface area contributed by atoms with E-state index in [9.17, 15) is 23.1 Å². The molecule has 180 valence electrons. The van der Waals surface area contributed by atoms with E-state index in [0.717, 1.165) is 11.8 Å². The number of ether oxygens (including phenoxy) is 2. The molecule has 1 saturated carbocycles. The molecule has 0 spiro atoms. The number of aromatic nitrogens is 3. The first kappa shape index (κ1) is 23.7. The van der Waals surface area contributed by atoms with Crippen molar-refractivity contribution in [2.75, 3.05) is 13.7 Å². The summed E-state index contributed by atoms with van der Waals surface area (Å²) in [5, 5.41) is 9.57. The summed E-state index contributed by atoms with van der Waals surface area (Å²) in [6.45, 7) is 0.193. The lowest BCUT2D eigenvalue weighted by atomic mass is 9.73. The molecular weight excluding hydrogens is 451 g/mol. The number of nitrogens with one attached hydrogen (secondary N) is 1. The number of hydrogen-bond acceptors (Lipinski definition) is 5. The van der Waals surface area contributed by atoms with Crippen molar-refractivity contribution in [1.82, 2.24) is 15.0 Å². The molecule has 4 rings (SSSR count). The van der Waals surface area contributed by atoms with Gasteiger partial charge < -0.3 is 19.6 Å². The molecule has 0 aliphatic heterocycles. The Kier molecular flexibility index (Phi) is 6.60. The minimum atomic E-state index is -4.51. The number of nitrogens with zero attached hydrogens (tertiary/aromatic N) is 2. The molecule has 0 atom stereocenters. The maximum Gasteiger partial charge on any atom is 0.434 e. The average molecular weight is 475 g/mol. The number of methoxy groups -OCH3 is 1. The Labute approximate surface area is 194 Å². The Morgan fingerprint density at radius 1 is 1.15 bits per heavy atom. The van der Waals surface area contributed by atoms with Crippen molar-refractivity contribution in [3.8, 4) is 28.4 Å². The zero-order valence-corrected chi connectivity index (χ0v) is 18.4. The molecule has 10 heteroatoms. The third-order valence-electron chi connectivity index (χ3n) is 6.12. The summed E-state index contributed by atoms with van der Waals surface area (Å²) in [7, 11) is 1.51. The Bertz CT molecular complexity index is 1120. The molecule has 7 nitrogen and oxygen atoms in total. The number of carboxylic acid groups (broad SMARTS) is 1. The molecule has 0 unspecified atom stereocenters. The second-order valence-corrected chi connectivity index (χ2v) is 8.42. The number of imidazole rings is 1. The van der Waals surface area contributed by atoms with E-state index in [4.69, 9.17) is 9.47 Å². The number of hydrogen-bond donors (Lipinski definition) is 2. The lowest BCUT2D eigenvalue weighted by Crippen LogP contribution is -2.41. The normalized spacial score (nSPS) is 20.8. The van der Waals surface area contributed by atoms with Gasteiger partial charge in [-0.2, -0.15) is 13.2 Å². The van der Waals surface area contributed by atoms with Crippen molar-refractivity contribution in [1.29, 1.82) is 0 Å². The number of carbonyl (C=O) groups is 1. The molecule has 0 bridgehead atoms. The zero-order chi connectivity index (χ0) is 24.3. The smallest absolute Gasteiger partial charge is 0.434 e. The number of benzene rings is 1. The Balaban J connectivity index is 1.38. The van der Waals surface area contributed by atoms with E-state index < -0.39 is 23.3 Å². The van der Waals surface area contributed by atoms with E-state index in [1.165, 1.54) is 13.3 Å². The topological polar surface area (TPSA) is 97.3 Å². The predicted octanol–water partition coefficient (Wildman–Crippen LogP) is 5.20. The zero-order valence-electron chi connectivity index (χ0n) is 18.4. The second kappa shape index (κ2) is 9.46. The number of aromatic amines is 1. The van der Waals surface area contributed by atoms with Crippen molar-refractivity contribution < 1.29 is 32.5 Å². The number of H-pyrrole nitrogens is 1. The molecular formula is C24H24F3N3O4. The summed E-state index contributed by atoms with van der Waals surface area (Å²) >= 11 is 0. The fraction of sp³-hybridized carbons (Fsp3) is 0.375. The number of carboxylic acids is 1. The maximum absolute atomic E-state index is 12.7. The van der Waals surface area contributed by atoms with Gasteiger partial charge in [0.25, 0.3) is 0 Å². The van der Waals surface area contributed by atoms with Crippen LogP contribution in [0.5, 0.6) is 5.75 Å². The lowest BCUT2D eigenvalue weighted by molar-refractivity contribution is -0.156. The molecule has 34 heavy (non-hydrogen) atoms. The largest absolute Gasteiger partial charge is 0.490 e. The number of aliphatic carboxylic acids is 1. The second-order valence-electron chi connectivity index (χ2n) is 8.42. The number of rotatable bonds is 7. The van der Waals surface area contributed by atoms with Crippen LogP contribution in [0.3, 0.4) is 0 Å². The van der Waals surface area contributed by atoms with Gasteiger partial charge in [-0.05, 0) is 62.1 Å². The molecule has 0 amide bonds. The highest BCUT2D eigenvalue weighted by molar-refractivity contribution is 5.75. The molecule has 2 aromatic heterocycles. The predicted molar refractivity (Wildman–Crippen MR) is 117 cm³/mol. The van der Waals surface area contributed by atoms with Crippen LogP contribution < -0.4 is 4.74 Å². The third-order valence-corrected chi connectivity index (χ3v) is 6.12. The van der Waals surface area contributed by atoms with Crippen LogP contribution >= 0.6 is 0 Å². The highest BCUT2D eigenvalue weighted by Gasteiger charge is 2.42. The summed E-state index contributed by atoms with van der Waals surface area (Å²) in [4.78, 5) is 22.1. The third kappa shape index (κ3) is 5.06. The molecule has 2 N–H and O–H groups in total. The fourth-order valence-electron chi connectivity index (χ4n) is 4.17. The fourth-order valence-corrected chi connectivity index (χ4v) is 4.17. The summed E-state index contributed by atoms with van der Waals surface area (Å²) in [6.07, 6.45) is -0.0324. The molecule has 2 heterocycles. The van der Waals surface area contributed by atoms with Gasteiger partial charge in [0.1, 0.15) is 11.6 Å². The highest BCUT2D eigenvalue weighted by Crippen LogP contribution is 2.38. The van der Waals surface area contributed by atoms with Crippen molar-refractivity contribution in [3.05, 3.63) is 54.5 Å². The first-order chi connectivity index (χ1) is 16.2. The van der Waals surface area contributed by atoms with E-state index in [1.807, 2.05) is 24.3 Å². The Morgan fingerprint density at radius 2 is 1.82 bits per heavy atom. The number of halogens is 3. The molecule has 1 fully saturated rings.